The number of hydrogen-bond donors (Lipinski definition) is 1. The lowest BCUT2D eigenvalue weighted by Crippen LogP contribution is -2.19. The van der Waals surface area contributed by atoms with E-state index in [4.69, 9.17) is 0 Å². The molecule has 12 heavy (non-hydrogen) atoms. The molecular weight excluding hydrogens is 161 g/mol. The molecule has 0 spiro atoms. The molecule has 0 amide bonds. The summed E-state index contributed by atoms with van der Waals surface area (Å²) in [5.41, 5.74) is 0. The molecule has 0 aliphatic rings. The number of esters is 1. The van der Waals surface area contributed by atoms with Crippen LogP contribution in [0.2, 0.25) is 0 Å². The van der Waals surface area contributed by atoms with E-state index in [0.717, 1.165) is 0 Å². The van der Waals surface area contributed by atoms with Gasteiger partial charge in [-0.05, 0) is 20.0 Å². The number of rotatable bonds is 4. The van der Waals surface area contributed by atoms with E-state index in [1.54, 1.807) is 14.0 Å². The first-order chi connectivity index (χ1) is 5.56. The van der Waals surface area contributed by atoms with Gasteiger partial charge in [0, 0.05) is 13.0 Å². The minimum atomic E-state index is -0.476. The first-order valence-corrected chi connectivity index (χ1v) is 3.73. The highest BCUT2D eigenvalue weighted by Crippen LogP contribution is 1.99. The van der Waals surface area contributed by atoms with E-state index in [-0.39, 0.29) is 12.6 Å². The smallest absolute Gasteiger partial charge is 0.303 e. The second-order valence-corrected chi connectivity index (χ2v) is 2.47. The molecule has 1 atom stereocenters. The zero-order valence-corrected chi connectivity index (χ0v) is 7.56. The summed E-state index contributed by atoms with van der Waals surface area (Å²) in [4.78, 5) is 10.3. The molecule has 70 valence electrons. The van der Waals surface area contributed by atoms with E-state index < -0.39 is 11.8 Å². The molecule has 0 radical (unpaired) electrons. The summed E-state index contributed by atoms with van der Waals surface area (Å²) in [5, 5.41) is 2.83. The van der Waals surface area contributed by atoms with Gasteiger partial charge in [0.1, 0.15) is 12.4 Å². The van der Waals surface area contributed by atoms with Gasteiger partial charge in [-0.1, -0.05) is 0 Å². The minimum absolute atomic E-state index is 0.0550. The lowest BCUT2D eigenvalue weighted by molar-refractivity contribution is -0.140. The molecule has 0 aromatic heterocycles. The maximum atomic E-state index is 12.7. The van der Waals surface area contributed by atoms with Crippen molar-refractivity contribution in [3.05, 3.63) is 11.9 Å². The average molecular weight is 175 g/mol. The van der Waals surface area contributed by atoms with Crippen LogP contribution in [0.3, 0.4) is 0 Å². The molecule has 0 aliphatic carbocycles. The fourth-order valence-electron chi connectivity index (χ4n) is 0.573. The normalized spacial score (nSPS) is 14.2. The topological polar surface area (TPSA) is 38.3 Å². The molecule has 0 saturated heterocycles. The van der Waals surface area contributed by atoms with Crippen LogP contribution in [0.4, 0.5) is 4.39 Å². The van der Waals surface area contributed by atoms with Crippen LogP contribution in [0.5, 0.6) is 0 Å². The molecule has 0 fully saturated rings. The van der Waals surface area contributed by atoms with Gasteiger partial charge in [-0.3, -0.25) is 4.79 Å². The number of nitrogens with one attached hydrogen (secondary N) is 1. The van der Waals surface area contributed by atoms with Crippen molar-refractivity contribution < 1.29 is 13.9 Å². The number of halogens is 1. The number of ether oxygens (including phenoxy) is 1. The molecule has 0 heterocycles. The summed E-state index contributed by atoms with van der Waals surface area (Å²) in [6.45, 7) is 2.77. The van der Waals surface area contributed by atoms with Gasteiger partial charge < -0.3 is 10.1 Å². The van der Waals surface area contributed by atoms with Gasteiger partial charge in [-0.25, -0.2) is 4.39 Å². The molecule has 0 aromatic rings. The maximum absolute atomic E-state index is 12.7. The molecule has 1 unspecified atom stereocenters. The van der Waals surface area contributed by atoms with Crippen LogP contribution in [0, 0.1) is 0 Å². The van der Waals surface area contributed by atoms with Crippen molar-refractivity contribution in [2.24, 2.45) is 0 Å². The average Bonchev–Trinajstić information content (AvgIpc) is 2.00. The van der Waals surface area contributed by atoms with Crippen molar-refractivity contribution in [1.29, 1.82) is 0 Å². The summed E-state index contributed by atoms with van der Waals surface area (Å²) < 4.78 is 17.2. The van der Waals surface area contributed by atoms with Crippen LogP contribution in [0.25, 0.3) is 0 Å². The Morgan fingerprint density at radius 2 is 2.33 bits per heavy atom. The van der Waals surface area contributed by atoms with Crippen molar-refractivity contribution in [1.82, 2.24) is 5.32 Å². The predicted octanol–water partition coefficient (Wildman–Crippen LogP) is 1.01. The minimum Gasteiger partial charge on any atom is -0.459 e. The second kappa shape index (κ2) is 5.71. The Hall–Kier alpha value is -0.900. The number of likely N-dealkylation sites (N-methyl/N-ethyl adjacent to an activating group) is 1. The van der Waals surface area contributed by atoms with Crippen molar-refractivity contribution in [2.75, 3.05) is 13.7 Å². The van der Waals surface area contributed by atoms with Crippen LogP contribution in [-0.2, 0) is 9.53 Å². The van der Waals surface area contributed by atoms with Crippen molar-refractivity contribution >= 4 is 5.97 Å². The monoisotopic (exact) mass is 175 g/mol. The SMILES string of the molecule is CNC(C)/C=C(\F)COC(C)=O. The summed E-state index contributed by atoms with van der Waals surface area (Å²) in [7, 11) is 1.72. The molecule has 0 rings (SSSR count). The Kier molecular flexibility index (Phi) is 5.28. The molecule has 3 nitrogen and oxygen atoms in total. The zero-order valence-electron chi connectivity index (χ0n) is 7.56. The zero-order chi connectivity index (χ0) is 9.56. The van der Waals surface area contributed by atoms with Crippen LogP contribution in [0.1, 0.15) is 13.8 Å². The largest absolute Gasteiger partial charge is 0.459 e. The molecule has 0 aliphatic heterocycles. The fourth-order valence-corrected chi connectivity index (χ4v) is 0.573. The van der Waals surface area contributed by atoms with E-state index in [1.165, 1.54) is 13.0 Å². The number of carbonyl (C=O) groups is 1. The third-order valence-corrected chi connectivity index (χ3v) is 1.30. The van der Waals surface area contributed by atoms with Crippen molar-refractivity contribution in [3.63, 3.8) is 0 Å². The van der Waals surface area contributed by atoms with Gasteiger partial charge in [-0.15, -0.1) is 0 Å². The Balaban J connectivity index is 3.77. The van der Waals surface area contributed by atoms with Gasteiger partial charge in [0.25, 0.3) is 0 Å². The molecular formula is C8H14FNO2. The van der Waals surface area contributed by atoms with Gasteiger partial charge in [0.15, 0.2) is 0 Å². The van der Waals surface area contributed by atoms with Gasteiger partial charge in [0.2, 0.25) is 0 Å². The highest BCUT2D eigenvalue weighted by molar-refractivity contribution is 5.66. The van der Waals surface area contributed by atoms with E-state index >= 15 is 0 Å². The summed E-state index contributed by atoms with van der Waals surface area (Å²) >= 11 is 0. The van der Waals surface area contributed by atoms with Crippen LogP contribution in [0.15, 0.2) is 11.9 Å². The molecule has 0 aromatic carbocycles. The number of carbonyl (C=O) groups excluding carboxylic acids is 1. The number of hydrogen-bond acceptors (Lipinski definition) is 3. The van der Waals surface area contributed by atoms with Gasteiger partial charge in [0.05, 0.1) is 0 Å². The highest BCUT2D eigenvalue weighted by Gasteiger charge is 2.00. The summed E-state index contributed by atoms with van der Waals surface area (Å²) in [6, 6.07) is -0.0550. The third kappa shape index (κ3) is 5.85. The Morgan fingerprint density at radius 1 is 1.75 bits per heavy atom. The first kappa shape index (κ1) is 11.1. The Bertz CT molecular complexity index is 180. The highest BCUT2D eigenvalue weighted by atomic mass is 19.1. The Labute approximate surface area is 71.6 Å². The second-order valence-electron chi connectivity index (χ2n) is 2.47. The third-order valence-electron chi connectivity index (χ3n) is 1.30. The maximum Gasteiger partial charge on any atom is 0.303 e. The molecule has 0 saturated carbocycles. The summed E-state index contributed by atoms with van der Waals surface area (Å²) in [6.07, 6.45) is 1.36. The van der Waals surface area contributed by atoms with Crippen LogP contribution < -0.4 is 5.32 Å². The van der Waals surface area contributed by atoms with E-state index in [0.29, 0.717) is 0 Å². The van der Waals surface area contributed by atoms with E-state index in [1.807, 2.05) is 0 Å². The van der Waals surface area contributed by atoms with Gasteiger partial charge >= 0.3 is 5.97 Å². The van der Waals surface area contributed by atoms with E-state index in [9.17, 15) is 9.18 Å². The van der Waals surface area contributed by atoms with Crippen LogP contribution in [-0.4, -0.2) is 25.7 Å². The molecule has 1 N–H and O–H groups in total. The fraction of sp³-hybridized carbons (Fsp3) is 0.625. The quantitative estimate of drug-likeness (QED) is 0.648. The molecule has 4 heteroatoms. The standard InChI is InChI=1S/C8H14FNO2/c1-6(10-3)4-8(9)5-12-7(2)11/h4,6,10H,5H2,1-3H3/b8-4-. The van der Waals surface area contributed by atoms with E-state index in [2.05, 4.69) is 10.1 Å². The predicted molar refractivity (Wildman–Crippen MR) is 44.3 cm³/mol. The first-order valence-electron chi connectivity index (χ1n) is 3.73. The molecule has 0 bridgehead atoms. The van der Waals surface area contributed by atoms with Crippen LogP contribution >= 0.6 is 0 Å². The van der Waals surface area contributed by atoms with Crippen molar-refractivity contribution in [3.8, 4) is 0 Å². The lowest BCUT2D eigenvalue weighted by atomic mass is 10.3. The van der Waals surface area contributed by atoms with Gasteiger partial charge in [-0.2, -0.15) is 0 Å². The van der Waals surface area contributed by atoms with Crippen molar-refractivity contribution in [2.45, 2.75) is 19.9 Å². The summed E-state index contributed by atoms with van der Waals surface area (Å²) in [5.74, 6) is -0.914. The lowest BCUT2D eigenvalue weighted by Gasteiger charge is -2.04. The Morgan fingerprint density at radius 3 is 2.75 bits per heavy atom.